The largest absolute Gasteiger partial charge is 0.384 e. The normalized spacial score (nSPS) is 10.7. The van der Waals surface area contributed by atoms with Crippen LogP contribution in [0, 0.1) is 6.92 Å². The fourth-order valence-corrected chi connectivity index (χ4v) is 2.06. The van der Waals surface area contributed by atoms with Crippen molar-refractivity contribution >= 4 is 11.7 Å². The second kappa shape index (κ2) is 6.23. The Morgan fingerprint density at radius 2 is 2.30 bits per heavy atom. The van der Waals surface area contributed by atoms with E-state index >= 15 is 0 Å². The Kier molecular flexibility index (Phi) is 4.39. The lowest BCUT2D eigenvalue weighted by Crippen LogP contribution is -2.31. The Morgan fingerprint density at radius 1 is 1.50 bits per heavy atom. The molecule has 2 aromatic rings. The second-order valence-corrected chi connectivity index (χ2v) is 4.61. The molecule has 2 heterocycles. The van der Waals surface area contributed by atoms with E-state index in [4.69, 9.17) is 5.73 Å². The van der Waals surface area contributed by atoms with E-state index in [-0.39, 0.29) is 12.5 Å². The monoisotopic (exact) mass is 276 g/mol. The van der Waals surface area contributed by atoms with Crippen molar-refractivity contribution in [3.63, 3.8) is 0 Å². The van der Waals surface area contributed by atoms with Crippen LogP contribution in [0.3, 0.4) is 0 Å². The maximum Gasteiger partial charge on any atom is 0.241 e. The van der Waals surface area contributed by atoms with Crippen LogP contribution in [-0.2, 0) is 24.3 Å². The summed E-state index contributed by atoms with van der Waals surface area (Å²) in [5.41, 5.74) is 6.55. The van der Waals surface area contributed by atoms with E-state index < -0.39 is 0 Å². The van der Waals surface area contributed by atoms with Gasteiger partial charge < -0.3 is 15.6 Å². The van der Waals surface area contributed by atoms with Crippen LogP contribution in [0.25, 0.3) is 0 Å². The zero-order valence-corrected chi connectivity index (χ0v) is 11.8. The molecule has 2 aromatic heterocycles. The lowest BCUT2D eigenvalue weighted by Gasteiger charge is -2.09. The minimum absolute atomic E-state index is 0.0991. The van der Waals surface area contributed by atoms with Gasteiger partial charge in [0.05, 0.1) is 5.69 Å². The molecule has 7 heteroatoms. The molecule has 0 aromatic carbocycles. The molecular weight excluding hydrogens is 256 g/mol. The summed E-state index contributed by atoms with van der Waals surface area (Å²) in [6.45, 7) is 5.31. The van der Waals surface area contributed by atoms with Crippen LogP contribution >= 0.6 is 0 Å². The molecule has 0 unspecified atom stereocenters. The molecule has 7 nitrogen and oxygen atoms in total. The number of nitrogens with zero attached hydrogens (tertiary/aromatic N) is 4. The van der Waals surface area contributed by atoms with Gasteiger partial charge in [-0.15, -0.1) is 0 Å². The Morgan fingerprint density at radius 3 is 2.95 bits per heavy atom. The molecule has 0 aliphatic heterocycles. The number of aryl methyl sites for hydroxylation is 2. The molecule has 3 N–H and O–H groups in total. The molecule has 0 saturated heterocycles. The van der Waals surface area contributed by atoms with Crippen LogP contribution in [0.5, 0.6) is 0 Å². The predicted molar refractivity (Wildman–Crippen MR) is 76.0 cm³/mol. The summed E-state index contributed by atoms with van der Waals surface area (Å²) in [6, 6.07) is 1.74. The van der Waals surface area contributed by atoms with E-state index in [1.807, 2.05) is 17.7 Å². The molecule has 0 saturated carbocycles. The summed E-state index contributed by atoms with van der Waals surface area (Å²) in [6.07, 6.45) is 4.57. The van der Waals surface area contributed by atoms with Crippen LogP contribution in [0.1, 0.15) is 18.4 Å². The van der Waals surface area contributed by atoms with Gasteiger partial charge in [-0.1, -0.05) is 6.92 Å². The van der Waals surface area contributed by atoms with Crippen LogP contribution < -0.4 is 11.1 Å². The van der Waals surface area contributed by atoms with Crippen LogP contribution in [-0.4, -0.2) is 31.8 Å². The number of amides is 1. The highest BCUT2D eigenvalue weighted by molar-refractivity contribution is 5.75. The number of aromatic nitrogens is 4. The van der Waals surface area contributed by atoms with Gasteiger partial charge in [0.15, 0.2) is 0 Å². The maximum atomic E-state index is 11.8. The summed E-state index contributed by atoms with van der Waals surface area (Å²) in [5.74, 6) is 1.42. The van der Waals surface area contributed by atoms with Crippen molar-refractivity contribution in [2.75, 3.05) is 12.3 Å². The van der Waals surface area contributed by atoms with Crippen molar-refractivity contribution in [1.82, 2.24) is 24.6 Å². The van der Waals surface area contributed by atoms with Crippen molar-refractivity contribution in [1.29, 1.82) is 0 Å². The Bertz CT molecular complexity index is 585. The minimum atomic E-state index is -0.0991. The zero-order valence-electron chi connectivity index (χ0n) is 11.8. The second-order valence-electron chi connectivity index (χ2n) is 4.61. The van der Waals surface area contributed by atoms with Crippen molar-refractivity contribution in [2.24, 2.45) is 0 Å². The van der Waals surface area contributed by atoms with Gasteiger partial charge >= 0.3 is 0 Å². The molecule has 0 fully saturated rings. The van der Waals surface area contributed by atoms with Gasteiger partial charge in [-0.3, -0.25) is 4.79 Å². The lowest BCUT2D eigenvalue weighted by atomic mass is 10.4. The number of nitrogens with two attached hydrogens (primary N) is 1. The average Bonchev–Trinajstić information content (AvgIpc) is 2.96. The molecule has 0 atom stereocenters. The van der Waals surface area contributed by atoms with Crippen molar-refractivity contribution in [3.8, 4) is 0 Å². The molecule has 20 heavy (non-hydrogen) atoms. The van der Waals surface area contributed by atoms with Crippen molar-refractivity contribution in [3.05, 3.63) is 30.0 Å². The fraction of sp³-hybridized carbons (Fsp3) is 0.462. The number of carbonyl (C=O) groups excluding carboxylic acids is 1. The first-order chi connectivity index (χ1) is 9.60. The molecule has 2 rings (SSSR count). The fourth-order valence-electron chi connectivity index (χ4n) is 2.06. The van der Waals surface area contributed by atoms with Crippen LogP contribution in [0.15, 0.2) is 18.5 Å². The number of carbonyl (C=O) groups is 1. The van der Waals surface area contributed by atoms with Gasteiger partial charge in [0, 0.05) is 38.0 Å². The summed E-state index contributed by atoms with van der Waals surface area (Å²) in [5, 5.41) is 7.00. The van der Waals surface area contributed by atoms with Gasteiger partial charge in [-0.2, -0.15) is 5.10 Å². The maximum absolute atomic E-state index is 11.8. The minimum Gasteiger partial charge on any atom is -0.384 e. The van der Waals surface area contributed by atoms with E-state index in [2.05, 4.69) is 22.3 Å². The zero-order chi connectivity index (χ0) is 14.5. The number of hydrogen-bond acceptors (Lipinski definition) is 4. The number of hydrogen-bond donors (Lipinski definition) is 2. The van der Waals surface area contributed by atoms with Crippen LogP contribution in [0.4, 0.5) is 5.82 Å². The topological polar surface area (TPSA) is 90.8 Å². The summed E-state index contributed by atoms with van der Waals surface area (Å²) in [7, 11) is 0. The average molecular weight is 276 g/mol. The molecule has 0 aliphatic carbocycles. The van der Waals surface area contributed by atoms with Gasteiger partial charge in [-0.25, -0.2) is 9.67 Å². The molecular formula is C13H20N6O. The Hall–Kier alpha value is -2.31. The highest BCUT2D eigenvalue weighted by Crippen LogP contribution is 2.04. The number of anilines is 1. The number of nitrogen functional groups attached to an aromatic ring is 1. The van der Waals surface area contributed by atoms with E-state index in [0.717, 1.165) is 17.9 Å². The third-order valence-corrected chi connectivity index (χ3v) is 3.02. The van der Waals surface area contributed by atoms with E-state index in [1.165, 1.54) is 4.68 Å². The number of rotatable bonds is 6. The standard InChI is InChI=1S/C13H20N6O/c1-3-12-15-4-6-18(12)7-5-16-13(20)9-19-11(14)8-10(2)17-19/h4,6,8H,3,5,7,9,14H2,1-2H3,(H,16,20). The first-order valence-electron chi connectivity index (χ1n) is 6.66. The van der Waals surface area contributed by atoms with Crippen molar-refractivity contribution in [2.45, 2.75) is 33.4 Å². The first-order valence-corrected chi connectivity index (χ1v) is 6.66. The molecule has 0 aliphatic rings. The van der Waals surface area contributed by atoms with Crippen LogP contribution in [0.2, 0.25) is 0 Å². The molecule has 0 radical (unpaired) electrons. The Labute approximate surface area is 117 Å². The van der Waals surface area contributed by atoms with Gasteiger partial charge in [0.25, 0.3) is 0 Å². The third-order valence-electron chi connectivity index (χ3n) is 3.02. The summed E-state index contributed by atoms with van der Waals surface area (Å²) >= 11 is 0. The van der Waals surface area contributed by atoms with E-state index in [9.17, 15) is 4.79 Å². The third kappa shape index (κ3) is 3.37. The Balaban J connectivity index is 1.80. The smallest absolute Gasteiger partial charge is 0.241 e. The number of imidazole rings is 1. The summed E-state index contributed by atoms with van der Waals surface area (Å²) < 4.78 is 3.53. The molecule has 108 valence electrons. The van der Waals surface area contributed by atoms with Gasteiger partial charge in [0.2, 0.25) is 5.91 Å². The number of nitrogens with one attached hydrogen (secondary N) is 1. The van der Waals surface area contributed by atoms with Gasteiger partial charge in [0.1, 0.15) is 18.2 Å². The molecule has 0 spiro atoms. The van der Waals surface area contributed by atoms with E-state index in [0.29, 0.717) is 18.9 Å². The molecule has 1 amide bonds. The highest BCUT2D eigenvalue weighted by Gasteiger charge is 2.07. The van der Waals surface area contributed by atoms with Crippen molar-refractivity contribution < 1.29 is 4.79 Å². The summed E-state index contributed by atoms with van der Waals surface area (Å²) in [4.78, 5) is 16.0. The van der Waals surface area contributed by atoms with Gasteiger partial charge in [-0.05, 0) is 6.92 Å². The molecule has 0 bridgehead atoms. The predicted octanol–water partition coefficient (Wildman–Crippen LogP) is 0.349. The lowest BCUT2D eigenvalue weighted by molar-refractivity contribution is -0.121. The highest BCUT2D eigenvalue weighted by atomic mass is 16.2. The SMILES string of the molecule is CCc1nccn1CCNC(=O)Cn1nc(C)cc1N. The first kappa shape index (κ1) is 14.1. The van der Waals surface area contributed by atoms with E-state index in [1.54, 1.807) is 12.3 Å². The quantitative estimate of drug-likeness (QED) is 0.796.